The van der Waals surface area contributed by atoms with E-state index in [2.05, 4.69) is 24.9 Å². The monoisotopic (exact) mass is 518 g/mol. The molecule has 0 aliphatic carbocycles. The lowest BCUT2D eigenvalue weighted by Gasteiger charge is -2.26. The van der Waals surface area contributed by atoms with E-state index in [4.69, 9.17) is 14.2 Å². The molecule has 0 spiro atoms. The van der Waals surface area contributed by atoms with Crippen molar-refractivity contribution in [3.63, 3.8) is 0 Å². The molecule has 2 unspecified atom stereocenters. The third-order valence-corrected chi connectivity index (χ3v) is 7.45. The van der Waals surface area contributed by atoms with Gasteiger partial charge >= 0.3 is 0 Å². The minimum atomic E-state index is -4.08. The maximum Gasteiger partial charge on any atom is 0.240 e. The third-order valence-electron chi connectivity index (χ3n) is 5.75. The van der Waals surface area contributed by atoms with Crippen LogP contribution in [0.2, 0.25) is 0 Å². The zero-order chi connectivity index (χ0) is 26.0. The molecular formula is C23H30N6O6S. The molecule has 3 aromatic rings. The van der Waals surface area contributed by atoms with E-state index in [-0.39, 0.29) is 31.1 Å². The summed E-state index contributed by atoms with van der Waals surface area (Å²) in [5.74, 6) is 1.63. The van der Waals surface area contributed by atoms with Crippen LogP contribution in [0.3, 0.4) is 0 Å². The predicted octanol–water partition coefficient (Wildman–Crippen LogP) is 2.27. The first-order chi connectivity index (χ1) is 17.1. The number of aromatic nitrogens is 5. The molecule has 36 heavy (non-hydrogen) atoms. The molecule has 0 fully saturated rings. The third kappa shape index (κ3) is 5.13. The van der Waals surface area contributed by atoms with Gasteiger partial charge in [0.2, 0.25) is 16.0 Å². The van der Waals surface area contributed by atoms with Gasteiger partial charge in [-0.1, -0.05) is 0 Å². The molecule has 3 atom stereocenters. The number of nitrogens with zero attached hydrogens (tertiary/aromatic N) is 5. The molecule has 194 valence electrons. The number of anilines is 1. The zero-order valence-corrected chi connectivity index (χ0v) is 21.6. The lowest BCUT2D eigenvalue weighted by atomic mass is 10.1. The molecule has 12 nitrogen and oxygen atoms in total. The van der Waals surface area contributed by atoms with E-state index < -0.39 is 27.4 Å². The first-order valence-electron chi connectivity index (χ1n) is 11.5. The van der Waals surface area contributed by atoms with Crippen LogP contribution in [0, 0.1) is 6.92 Å². The Morgan fingerprint density at radius 1 is 1.22 bits per heavy atom. The van der Waals surface area contributed by atoms with Crippen LogP contribution in [0.5, 0.6) is 11.5 Å². The number of aliphatic hydroxyl groups is 1. The van der Waals surface area contributed by atoms with Gasteiger partial charge in [0, 0.05) is 12.4 Å². The summed E-state index contributed by atoms with van der Waals surface area (Å²) in [6.45, 7) is 6.74. The van der Waals surface area contributed by atoms with Crippen molar-refractivity contribution in [3.05, 3.63) is 42.0 Å². The minimum absolute atomic E-state index is 0.0525. The van der Waals surface area contributed by atoms with Crippen LogP contribution in [0.15, 0.2) is 30.6 Å². The van der Waals surface area contributed by atoms with Gasteiger partial charge in [-0.15, -0.1) is 10.2 Å². The molecule has 1 aliphatic heterocycles. The summed E-state index contributed by atoms with van der Waals surface area (Å²) in [5, 5.41) is 17.3. The Morgan fingerprint density at radius 3 is 2.58 bits per heavy atom. The van der Waals surface area contributed by atoms with Crippen LogP contribution in [0.25, 0.3) is 11.4 Å². The molecule has 1 aromatic carbocycles. The Labute approximate surface area is 209 Å². The first-order valence-corrected chi connectivity index (χ1v) is 13.0. The number of hydrogen-bond acceptors (Lipinski definition) is 10. The van der Waals surface area contributed by atoms with Crippen LogP contribution in [0.4, 0.5) is 5.95 Å². The molecule has 1 aliphatic rings. The molecule has 0 amide bonds. The second-order valence-electron chi connectivity index (χ2n) is 8.80. The highest BCUT2D eigenvalue weighted by molar-refractivity contribution is 7.93. The van der Waals surface area contributed by atoms with Crippen LogP contribution in [-0.4, -0.2) is 69.9 Å². The van der Waals surface area contributed by atoms with E-state index in [0.717, 1.165) is 5.56 Å². The lowest BCUT2D eigenvalue weighted by Crippen LogP contribution is -2.35. The van der Waals surface area contributed by atoms with Gasteiger partial charge in [-0.2, -0.15) is 0 Å². The average molecular weight is 519 g/mol. The van der Waals surface area contributed by atoms with Gasteiger partial charge in [-0.05, 0) is 51.5 Å². The highest BCUT2D eigenvalue weighted by Crippen LogP contribution is 2.38. The first kappa shape index (κ1) is 25.8. The SMILES string of the molecule is COc1ccc2c(c1)-c1nnc(NS(=O)(=O)C(C)C(OC(C)C)c3ncc(C)cn3)n1[C@@H](CO)CO2. The normalized spacial score (nSPS) is 16.9. The van der Waals surface area contributed by atoms with E-state index in [1.165, 1.54) is 18.6 Å². The summed E-state index contributed by atoms with van der Waals surface area (Å²) < 4.78 is 48.2. The van der Waals surface area contributed by atoms with E-state index in [0.29, 0.717) is 22.9 Å². The van der Waals surface area contributed by atoms with E-state index in [9.17, 15) is 13.5 Å². The van der Waals surface area contributed by atoms with Crippen molar-refractivity contribution >= 4 is 16.0 Å². The van der Waals surface area contributed by atoms with E-state index >= 15 is 0 Å². The summed E-state index contributed by atoms with van der Waals surface area (Å²) in [7, 11) is -2.54. The Balaban J connectivity index is 1.71. The second kappa shape index (κ2) is 10.4. The van der Waals surface area contributed by atoms with Crippen molar-refractivity contribution < 1.29 is 27.7 Å². The fourth-order valence-electron chi connectivity index (χ4n) is 3.83. The van der Waals surface area contributed by atoms with E-state index in [1.807, 2.05) is 20.8 Å². The number of sulfonamides is 1. The van der Waals surface area contributed by atoms with Crippen LogP contribution < -0.4 is 14.2 Å². The Morgan fingerprint density at radius 2 is 1.94 bits per heavy atom. The number of fused-ring (bicyclic) bond motifs is 3. The van der Waals surface area contributed by atoms with Gasteiger partial charge < -0.3 is 19.3 Å². The predicted molar refractivity (Wildman–Crippen MR) is 131 cm³/mol. The van der Waals surface area contributed by atoms with Gasteiger partial charge in [-0.3, -0.25) is 9.29 Å². The average Bonchev–Trinajstić information content (AvgIpc) is 3.17. The van der Waals surface area contributed by atoms with Crippen molar-refractivity contribution in [2.24, 2.45) is 0 Å². The number of benzene rings is 1. The van der Waals surface area contributed by atoms with Gasteiger partial charge in [0.1, 0.15) is 29.5 Å². The molecular weight excluding hydrogens is 488 g/mol. The summed E-state index contributed by atoms with van der Waals surface area (Å²) in [4.78, 5) is 8.58. The molecule has 13 heteroatoms. The minimum Gasteiger partial charge on any atom is -0.497 e. The molecule has 0 saturated heterocycles. The van der Waals surface area contributed by atoms with Gasteiger partial charge in [0.05, 0.1) is 31.4 Å². The fourth-order valence-corrected chi connectivity index (χ4v) is 4.92. The summed E-state index contributed by atoms with van der Waals surface area (Å²) in [5.41, 5.74) is 1.40. The van der Waals surface area contributed by atoms with Crippen LogP contribution in [0.1, 0.15) is 44.3 Å². The highest BCUT2D eigenvalue weighted by atomic mass is 32.2. The fraction of sp³-hybridized carbons (Fsp3) is 0.478. The molecule has 2 N–H and O–H groups in total. The molecule has 4 rings (SSSR count). The highest BCUT2D eigenvalue weighted by Gasteiger charge is 2.36. The van der Waals surface area contributed by atoms with Gasteiger partial charge in [0.15, 0.2) is 11.6 Å². The topological polar surface area (TPSA) is 151 Å². The largest absolute Gasteiger partial charge is 0.497 e. The van der Waals surface area contributed by atoms with Crippen molar-refractivity contribution in [2.75, 3.05) is 25.0 Å². The maximum absolute atomic E-state index is 13.5. The number of aryl methyl sites for hydroxylation is 1. The number of rotatable bonds is 9. The number of hydrogen-bond donors (Lipinski definition) is 2. The lowest BCUT2D eigenvalue weighted by molar-refractivity contribution is 0.00152. The maximum atomic E-state index is 13.5. The molecule has 0 radical (unpaired) electrons. The molecule has 0 bridgehead atoms. The second-order valence-corrected chi connectivity index (χ2v) is 10.8. The Bertz CT molecular complexity index is 1310. The van der Waals surface area contributed by atoms with Crippen molar-refractivity contribution in [2.45, 2.75) is 51.2 Å². The summed E-state index contributed by atoms with van der Waals surface area (Å²) in [6, 6.07) is 4.56. The Kier molecular flexibility index (Phi) is 7.43. The number of aliphatic hydroxyl groups excluding tert-OH is 1. The summed E-state index contributed by atoms with van der Waals surface area (Å²) >= 11 is 0. The molecule has 2 aromatic heterocycles. The number of nitrogens with one attached hydrogen (secondary N) is 1. The molecule has 3 heterocycles. The Hall–Kier alpha value is -3.29. The quantitative estimate of drug-likeness (QED) is 0.432. The van der Waals surface area contributed by atoms with Crippen molar-refractivity contribution in [3.8, 4) is 22.9 Å². The number of methoxy groups -OCH3 is 1. The number of ether oxygens (including phenoxy) is 3. The smallest absolute Gasteiger partial charge is 0.240 e. The zero-order valence-electron chi connectivity index (χ0n) is 20.7. The van der Waals surface area contributed by atoms with Gasteiger partial charge in [0.25, 0.3) is 0 Å². The van der Waals surface area contributed by atoms with E-state index in [1.54, 1.807) is 30.6 Å². The summed E-state index contributed by atoms with van der Waals surface area (Å²) in [6.07, 6.45) is 2.02. The van der Waals surface area contributed by atoms with Crippen molar-refractivity contribution in [1.29, 1.82) is 0 Å². The molecule has 0 saturated carbocycles. The van der Waals surface area contributed by atoms with Gasteiger partial charge in [-0.25, -0.2) is 18.4 Å². The van der Waals surface area contributed by atoms with Crippen LogP contribution in [-0.2, 0) is 14.8 Å². The standard InChI is InChI=1S/C23H30N6O6S/c1-13(2)35-20(21-24-9-14(3)10-25-21)15(4)36(31,32)28-23-27-26-22-18-8-17(33-5)6-7-19(18)34-12-16(11-30)29(22)23/h6-10,13,15-16,20,30H,11-12H2,1-5H3,(H,27,28)/t15?,16-,20?/m0/s1. The van der Waals surface area contributed by atoms with Crippen molar-refractivity contribution in [1.82, 2.24) is 24.7 Å². The van der Waals surface area contributed by atoms with Crippen LogP contribution >= 0.6 is 0 Å².